The van der Waals surface area contributed by atoms with Crippen molar-refractivity contribution in [3.05, 3.63) is 35.2 Å². The molecule has 2 aromatic rings. The van der Waals surface area contributed by atoms with Crippen LogP contribution < -0.4 is 5.32 Å². The Labute approximate surface area is 120 Å². The predicted octanol–water partition coefficient (Wildman–Crippen LogP) is 2.96. The highest BCUT2D eigenvalue weighted by molar-refractivity contribution is 9.10. The van der Waals surface area contributed by atoms with E-state index in [1.165, 1.54) is 0 Å². The molecule has 0 amide bonds. The molecule has 3 rings (SSSR count). The van der Waals surface area contributed by atoms with E-state index in [-0.39, 0.29) is 0 Å². The van der Waals surface area contributed by atoms with Crippen molar-refractivity contribution in [3.63, 3.8) is 0 Å². The van der Waals surface area contributed by atoms with E-state index in [9.17, 15) is 0 Å². The average molecular weight is 323 g/mol. The highest BCUT2D eigenvalue weighted by Crippen LogP contribution is 2.19. The predicted molar refractivity (Wildman–Crippen MR) is 76.4 cm³/mol. The molecule has 6 heteroatoms. The number of aromatic nitrogens is 3. The maximum atomic E-state index is 5.60. The molecule has 1 saturated heterocycles. The second-order valence-electron chi connectivity index (χ2n) is 4.57. The van der Waals surface area contributed by atoms with Crippen LogP contribution in [0.1, 0.15) is 12.8 Å². The summed E-state index contributed by atoms with van der Waals surface area (Å²) in [4.78, 5) is 4.24. The molecule has 100 valence electrons. The van der Waals surface area contributed by atoms with Gasteiger partial charge in [0.05, 0.1) is 24.5 Å². The van der Waals surface area contributed by atoms with Crippen LogP contribution in [0.3, 0.4) is 0 Å². The van der Waals surface area contributed by atoms with Gasteiger partial charge in [-0.3, -0.25) is 4.68 Å². The van der Waals surface area contributed by atoms with Crippen LogP contribution in [0.4, 0.5) is 11.5 Å². The first-order valence-corrected chi connectivity index (χ1v) is 7.11. The maximum Gasteiger partial charge on any atom is 0.131 e. The van der Waals surface area contributed by atoms with Crippen LogP contribution >= 0.6 is 15.9 Å². The van der Waals surface area contributed by atoms with Gasteiger partial charge in [-0.25, -0.2) is 4.98 Å². The van der Waals surface area contributed by atoms with Crippen molar-refractivity contribution < 1.29 is 4.74 Å². The van der Waals surface area contributed by atoms with Crippen LogP contribution in [0.5, 0.6) is 0 Å². The monoisotopic (exact) mass is 322 g/mol. The standard InChI is InChI=1S/C13H15BrN4O/c14-10-3-4-15-13(6-10)17-11-7-16-18(8-11)9-12-2-1-5-19-12/h3-4,6-8,12H,1-2,5,9H2,(H,15,17). The fourth-order valence-corrected chi connectivity index (χ4v) is 2.48. The lowest BCUT2D eigenvalue weighted by Gasteiger charge is -2.08. The van der Waals surface area contributed by atoms with Gasteiger partial charge >= 0.3 is 0 Å². The van der Waals surface area contributed by atoms with Gasteiger partial charge in [0, 0.05) is 23.5 Å². The van der Waals surface area contributed by atoms with Crippen molar-refractivity contribution in [1.29, 1.82) is 0 Å². The molecule has 1 atom stereocenters. The highest BCUT2D eigenvalue weighted by atomic mass is 79.9. The van der Waals surface area contributed by atoms with Crippen LogP contribution in [0.15, 0.2) is 35.2 Å². The number of ether oxygens (including phenoxy) is 1. The Morgan fingerprint density at radius 3 is 3.26 bits per heavy atom. The number of nitrogens with one attached hydrogen (secondary N) is 1. The second-order valence-corrected chi connectivity index (χ2v) is 5.49. The molecule has 2 aromatic heterocycles. The van der Waals surface area contributed by atoms with Gasteiger partial charge in [-0.15, -0.1) is 0 Å². The molecule has 1 fully saturated rings. The second kappa shape index (κ2) is 5.71. The van der Waals surface area contributed by atoms with Gasteiger partial charge in [0.25, 0.3) is 0 Å². The fourth-order valence-electron chi connectivity index (χ4n) is 2.15. The first kappa shape index (κ1) is 12.6. The number of pyridine rings is 1. The molecule has 1 aliphatic heterocycles. The fraction of sp³-hybridized carbons (Fsp3) is 0.385. The normalized spacial score (nSPS) is 18.7. The topological polar surface area (TPSA) is 52.0 Å². The van der Waals surface area contributed by atoms with Crippen molar-refractivity contribution in [2.24, 2.45) is 0 Å². The molecule has 0 saturated carbocycles. The SMILES string of the molecule is Brc1ccnc(Nc2cnn(CC3CCCO3)c2)c1. The summed E-state index contributed by atoms with van der Waals surface area (Å²) in [5.74, 6) is 0.797. The zero-order chi connectivity index (χ0) is 13.1. The zero-order valence-electron chi connectivity index (χ0n) is 10.4. The number of hydrogen-bond acceptors (Lipinski definition) is 4. The van der Waals surface area contributed by atoms with Gasteiger partial charge in [0.2, 0.25) is 0 Å². The van der Waals surface area contributed by atoms with Gasteiger partial charge < -0.3 is 10.1 Å². The minimum atomic E-state index is 0.303. The summed E-state index contributed by atoms with van der Waals surface area (Å²) in [7, 11) is 0. The van der Waals surface area contributed by atoms with E-state index in [0.29, 0.717) is 6.10 Å². The van der Waals surface area contributed by atoms with Crippen LogP contribution in [0.2, 0.25) is 0 Å². The molecule has 1 unspecified atom stereocenters. The Bertz CT molecular complexity index is 551. The van der Waals surface area contributed by atoms with Gasteiger partial charge in [0.15, 0.2) is 0 Å². The molecule has 0 aliphatic carbocycles. The average Bonchev–Trinajstić information content (AvgIpc) is 3.02. The van der Waals surface area contributed by atoms with E-state index in [0.717, 1.165) is 42.0 Å². The van der Waals surface area contributed by atoms with E-state index < -0.39 is 0 Å². The lowest BCUT2D eigenvalue weighted by Crippen LogP contribution is -2.15. The molecule has 0 radical (unpaired) electrons. The number of anilines is 2. The van der Waals surface area contributed by atoms with E-state index in [4.69, 9.17) is 4.74 Å². The molecule has 1 N–H and O–H groups in total. The van der Waals surface area contributed by atoms with Gasteiger partial charge in [0.1, 0.15) is 5.82 Å². The first-order valence-electron chi connectivity index (χ1n) is 6.32. The number of nitrogens with zero attached hydrogens (tertiary/aromatic N) is 3. The number of halogens is 1. The van der Waals surface area contributed by atoms with Crippen LogP contribution in [-0.2, 0) is 11.3 Å². The molecule has 0 bridgehead atoms. The zero-order valence-corrected chi connectivity index (χ0v) is 12.0. The molecule has 3 heterocycles. The minimum Gasteiger partial charge on any atom is -0.376 e. The molecule has 0 aromatic carbocycles. The van der Waals surface area contributed by atoms with E-state index in [2.05, 4.69) is 31.3 Å². The third-order valence-electron chi connectivity index (χ3n) is 3.04. The Kier molecular flexibility index (Phi) is 3.79. The summed E-state index contributed by atoms with van der Waals surface area (Å²) >= 11 is 3.42. The third kappa shape index (κ3) is 3.33. The quantitative estimate of drug-likeness (QED) is 0.940. The van der Waals surface area contributed by atoms with Crippen LogP contribution in [0.25, 0.3) is 0 Å². The van der Waals surface area contributed by atoms with Crippen LogP contribution in [0, 0.1) is 0 Å². The first-order chi connectivity index (χ1) is 9.29. The largest absolute Gasteiger partial charge is 0.376 e. The summed E-state index contributed by atoms with van der Waals surface area (Å²) in [6.45, 7) is 1.69. The van der Waals surface area contributed by atoms with Crippen LogP contribution in [-0.4, -0.2) is 27.5 Å². The summed E-state index contributed by atoms with van der Waals surface area (Å²) in [6, 6.07) is 3.82. The lowest BCUT2D eigenvalue weighted by molar-refractivity contribution is 0.0940. The summed E-state index contributed by atoms with van der Waals surface area (Å²) in [5, 5.41) is 7.56. The van der Waals surface area contributed by atoms with E-state index in [1.54, 1.807) is 12.4 Å². The van der Waals surface area contributed by atoms with Crippen molar-refractivity contribution in [2.45, 2.75) is 25.5 Å². The number of rotatable bonds is 4. The van der Waals surface area contributed by atoms with Crippen molar-refractivity contribution >= 4 is 27.4 Å². The minimum absolute atomic E-state index is 0.303. The molecular formula is C13H15BrN4O. The molecule has 0 spiro atoms. The summed E-state index contributed by atoms with van der Waals surface area (Å²) < 4.78 is 8.51. The van der Waals surface area contributed by atoms with Gasteiger partial charge in [-0.1, -0.05) is 15.9 Å². The van der Waals surface area contributed by atoms with E-state index in [1.807, 2.05) is 23.0 Å². The molecule has 1 aliphatic rings. The Hall–Kier alpha value is -1.40. The van der Waals surface area contributed by atoms with Gasteiger partial charge in [-0.2, -0.15) is 5.10 Å². The maximum absolute atomic E-state index is 5.60. The van der Waals surface area contributed by atoms with Crippen molar-refractivity contribution in [3.8, 4) is 0 Å². The molecule has 19 heavy (non-hydrogen) atoms. The van der Waals surface area contributed by atoms with Crippen molar-refractivity contribution in [1.82, 2.24) is 14.8 Å². The lowest BCUT2D eigenvalue weighted by atomic mass is 10.2. The third-order valence-corrected chi connectivity index (χ3v) is 3.54. The summed E-state index contributed by atoms with van der Waals surface area (Å²) in [6.07, 6.45) is 8.11. The van der Waals surface area contributed by atoms with Gasteiger partial charge in [-0.05, 0) is 25.0 Å². The Morgan fingerprint density at radius 2 is 2.47 bits per heavy atom. The summed E-state index contributed by atoms with van der Waals surface area (Å²) in [5.41, 5.74) is 0.934. The molecule has 5 nitrogen and oxygen atoms in total. The Morgan fingerprint density at radius 1 is 1.53 bits per heavy atom. The van der Waals surface area contributed by atoms with Crippen molar-refractivity contribution in [2.75, 3.05) is 11.9 Å². The highest BCUT2D eigenvalue weighted by Gasteiger charge is 2.16. The number of hydrogen-bond donors (Lipinski definition) is 1. The van der Waals surface area contributed by atoms with E-state index >= 15 is 0 Å². The Balaban J connectivity index is 1.64. The molecular weight excluding hydrogens is 308 g/mol. The smallest absolute Gasteiger partial charge is 0.131 e.